The van der Waals surface area contributed by atoms with Crippen LogP contribution >= 0.6 is 0 Å². The van der Waals surface area contributed by atoms with E-state index in [9.17, 15) is 8.42 Å². The Morgan fingerprint density at radius 2 is 1.63 bits per heavy atom. The van der Waals surface area contributed by atoms with Crippen molar-refractivity contribution in [3.63, 3.8) is 0 Å². The number of rotatable bonds is 4. The molecule has 3 nitrogen and oxygen atoms in total. The minimum Gasteiger partial charge on any atom is -0.477 e. The third-order valence-corrected chi connectivity index (χ3v) is 4.17. The van der Waals surface area contributed by atoms with Gasteiger partial charge in [-0.25, -0.2) is 8.42 Å². The summed E-state index contributed by atoms with van der Waals surface area (Å²) in [5, 5.41) is 0. The molecule has 2 rings (SSSR count). The van der Waals surface area contributed by atoms with Gasteiger partial charge in [-0.05, 0) is 43.7 Å². The van der Waals surface area contributed by atoms with Crippen LogP contribution < -0.4 is 4.74 Å². The van der Waals surface area contributed by atoms with Crippen LogP contribution in [0.2, 0.25) is 0 Å². The Kier molecular flexibility index (Phi) is 3.90. The highest BCUT2D eigenvalue weighted by Gasteiger charge is 2.15. The molecule has 0 amide bonds. The van der Waals surface area contributed by atoms with Gasteiger partial charge in [0.05, 0.1) is 4.90 Å². The van der Waals surface area contributed by atoms with Crippen molar-refractivity contribution in [3.8, 4) is 5.75 Å². The normalized spacial score (nSPS) is 11.3. The molecule has 19 heavy (non-hydrogen) atoms. The lowest BCUT2D eigenvalue weighted by molar-refractivity contribution is 0.376. The summed E-state index contributed by atoms with van der Waals surface area (Å²) in [6.07, 6.45) is 0. The van der Waals surface area contributed by atoms with Gasteiger partial charge in [0, 0.05) is 0 Å². The predicted molar refractivity (Wildman–Crippen MR) is 75.0 cm³/mol. The zero-order chi connectivity index (χ0) is 13.9. The summed E-state index contributed by atoms with van der Waals surface area (Å²) >= 11 is 0. The van der Waals surface area contributed by atoms with Gasteiger partial charge in [0.1, 0.15) is 5.75 Å². The van der Waals surface area contributed by atoms with Crippen LogP contribution in [0.1, 0.15) is 11.1 Å². The molecule has 0 aliphatic rings. The molecule has 0 fully saturated rings. The fourth-order valence-corrected chi connectivity index (χ4v) is 2.64. The molecule has 0 unspecified atom stereocenters. The molecule has 0 heterocycles. The van der Waals surface area contributed by atoms with Gasteiger partial charge in [0.15, 0.2) is 5.94 Å². The molecule has 2 aromatic carbocycles. The molecule has 0 saturated heterocycles. The summed E-state index contributed by atoms with van der Waals surface area (Å²) in [6.45, 7) is 3.85. The van der Waals surface area contributed by atoms with E-state index in [1.54, 1.807) is 30.3 Å². The third-order valence-electron chi connectivity index (χ3n) is 2.75. The van der Waals surface area contributed by atoms with Crippen molar-refractivity contribution in [1.29, 1.82) is 0 Å². The van der Waals surface area contributed by atoms with Gasteiger partial charge < -0.3 is 4.74 Å². The van der Waals surface area contributed by atoms with Crippen LogP contribution in [0, 0.1) is 13.8 Å². The number of benzene rings is 2. The van der Waals surface area contributed by atoms with Gasteiger partial charge in [-0.2, -0.15) is 0 Å². The van der Waals surface area contributed by atoms with Crippen LogP contribution in [0.5, 0.6) is 5.75 Å². The molecule has 0 saturated carbocycles. The number of hydrogen-bond donors (Lipinski definition) is 0. The zero-order valence-corrected chi connectivity index (χ0v) is 11.8. The Balaban J connectivity index is 2.12. The molecule has 0 aliphatic heterocycles. The fourth-order valence-electron chi connectivity index (χ4n) is 1.66. The monoisotopic (exact) mass is 276 g/mol. The van der Waals surface area contributed by atoms with Crippen molar-refractivity contribution in [3.05, 3.63) is 59.7 Å². The molecule has 0 radical (unpaired) electrons. The van der Waals surface area contributed by atoms with E-state index >= 15 is 0 Å². The van der Waals surface area contributed by atoms with E-state index in [0.29, 0.717) is 5.75 Å². The van der Waals surface area contributed by atoms with Gasteiger partial charge >= 0.3 is 0 Å². The summed E-state index contributed by atoms with van der Waals surface area (Å²) in [4.78, 5) is 0.283. The lowest BCUT2D eigenvalue weighted by atomic mass is 10.2. The lowest BCUT2D eigenvalue weighted by Crippen LogP contribution is -2.12. The van der Waals surface area contributed by atoms with Crippen LogP contribution in [0.15, 0.2) is 53.4 Å². The summed E-state index contributed by atoms with van der Waals surface area (Å²) in [5.41, 5.74) is 2.06. The quantitative estimate of drug-likeness (QED) is 0.861. The summed E-state index contributed by atoms with van der Waals surface area (Å²) in [7, 11) is -3.41. The van der Waals surface area contributed by atoms with Crippen molar-refractivity contribution in [2.75, 3.05) is 5.94 Å². The molecule has 0 atom stereocenters. The molecule has 0 aliphatic carbocycles. The zero-order valence-electron chi connectivity index (χ0n) is 11.0. The standard InChI is InChI=1S/C15H16O3S/c1-12-6-8-15(9-7-12)19(16,17)11-18-14-5-3-4-13(2)10-14/h3-10H,11H2,1-2H3. The Bertz CT molecular complexity index is 658. The predicted octanol–water partition coefficient (Wildman–Crippen LogP) is 3.11. The largest absolute Gasteiger partial charge is 0.477 e. The number of ether oxygens (including phenoxy) is 1. The Morgan fingerprint density at radius 1 is 0.947 bits per heavy atom. The number of sulfone groups is 1. The van der Waals surface area contributed by atoms with E-state index in [2.05, 4.69) is 0 Å². The molecule has 4 heteroatoms. The SMILES string of the molecule is Cc1ccc(S(=O)(=O)COc2cccc(C)c2)cc1. The second-order valence-electron chi connectivity index (χ2n) is 4.51. The maximum absolute atomic E-state index is 12.1. The Morgan fingerprint density at radius 3 is 2.26 bits per heavy atom. The topological polar surface area (TPSA) is 43.4 Å². The van der Waals surface area contributed by atoms with E-state index < -0.39 is 9.84 Å². The van der Waals surface area contributed by atoms with Crippen LogP contribution in [0.3, 0.4) is 0 Å². The van der Waals surface area contributed by atoms with E-state index in [0.717, 1.165) is 11.1 Å². The molecular formula is C15H16O3S. The molecule has 0 spiro atoms. The number of hydrogen-bond acceptors (Lipinski definition) is 3. The van der Waals surface area contributed by atoms with Crippen LogP contribution in [0.25, 0.3) is 0 Å². The third kappa shape index (κ3) is 3.58. The lowest BCUT2D eigenvalue weighted by Gasteiger charge is -2.08. The van der Waals surface area contributed by atoms with Gasteiger partial charge in [-0.15, -0.1) is 0 Å². The van der Waals surface area contributed by atoms with Crippen molar-refractivity contribution >= 4 is 9.84 Å². The summed E-state index contributed by atoms with van der Waals surface area (Å²) < 4.78 is 29.5. The highest BCUT2D eigenvalue weighted by Crippen LogP contribution is 2.16. The molecule has 0 aromatic heterocycles. The van der Waals surface area contributed by atoms with Gasteiger partial charge in [0.2, 0.25) is 9.84 Å². The fraction of sp³-hybridized carbons (Fsp3) is 0.200. The molecule has 2 aromatic rings. The van der Waals surface area contributed by atoms with E-state index in [1.807, 2.05) is 32.0 Å². The Hall–Kier alpha value is -1.81. The van der Waals surface area contributed by atoms with E-state index in [4.69, 9.17) is 4.74 Å². The molecular weight excluding hydrogens is 260 g/mol. The minimum atomic E-state index is -3.41. The highest BCUT2D eigenvalue weighted by molar-refractivity contribution is 7.91. The molecule has 100 valence electrons. The molecule has 0 bridgehead atoms. The van der Waals surface area contributed by atoms with Gasteiger partial charge in [-0.3, -0.25) is 0 Å². The van der Waals surface area contributed by atoms with Crippen LogP contribution in [0.4, 0.5) is 0 Å². The first kappa shape index (κ1) is 13.6. The second kappa shape index (κ2) is 5.45. The first-order valence-electron chi connectivity index (χ1n) is 5.96. The first-order chi connectivity index (χ1) is 8.97. The Labute approximate surface area is 113 Å². The van der Waals surface area contributed by atoms with Crippen molar-refractivity contribution < 1.29 is 13.2 Å². The van der Waals surface area contributed by atoms with Gasteiger partial charge in [-0.1, -0.05) is 29.8 Å². The highest BCUT2D eigenvalue weighted by atomic mass is 32.2. The van der Waals surface area contributed by atoms with Crippen molar-refractivity contribution in [2.45, 2.75) is 18.7 Å². The van der Waals surface area contributed by atoms with Crippen LogP contribution in [-0.4, -0.2) is 14.4 Å². The number of aryl methyl sites for hydroxylation is 2. The second-order valence-corrected chi connectivity index (χ2v) is 6.44. The van der Waals surface area contributed by atoms with Crippen molar-refractivity contribution in [1.82, 2.24) is 0 Å². The van der Waals surface area contributed by atoms with E-state index in [-0.39, 0.29) is 10.8 Å². The molecule has 0 N–H and O–H groups in total. The van der Waals surface area contributed by atoms with E-state index in [1.165, 1.54) is 0 Å². The maximum Gasteiger partial charge on any atom is 0.213 e. The smallest absolute Gasteiger partial charge is 0.213 e. The van der Waals surface area contributed by atoms with Gasteiger partial charge in [0.25, 0.3) is 0 Å². The average Bonchev–Trinajstić information content (AvgIpc) is 2.37. The summed E-state index contributed by atoms with van der Waals surface area (Å²) in [5.74, 6) is 0.218. The summed E-state index contributed by atoms with van der Waals surface area (Å²) in [6, 6.07) is 14.1. The van der Waals surface area contributed by atoms with Crippen LogP contribution in [-0.2, 0) is 9.84 Å². The first-order valence-corrected chi connectivity index (χ1v) is 7.61. The minimum absolute atomic E-state index is 0.283. The van der Waals surface area contributed by atoms with Crippen molar-refractivity contribution in [2.24, 2.45) is 0 Å². The maximum atomic E-state index is 12.1. The average molecular weight is 276 g/mol.